The first-order valence-electron chi connectivity index (χ1n) is 7.60. The molecule has 0 spiro atoms. The van der Waals surface area contributed by atoms with Gasteiger partial charge in [0.2, 0.25) is 0 Å². The fourth-order valence-electron chi connectivity index (χ4n) is 2.88. The van der Waals surface area contributed by atoms with E-state index in [-0.39, 0.29) is 5.69 Å². The third kappa shape index (κ3) is 3.88. The second-order valence-electron chi connectivity index (χ2n) is 5.80. The molecular formula is C16H20N4O3. The number of piperazine rings is 1. The lowest BCUT2D eigenvalue weighted by Crippen LogP contribution is -2.45. The van der Waals surface area contributed by atoms with Gasteiger partial charge in [0.05, 0.1) is 6.20 Å². The molecule has 0 unspecified atom stereocenters. The van der Waals surface area contributed by atoms with Crippen molar-refractivity contribution >= 4 is 5.97 Å². The smallest absolute Gasteiger partial charge is 0.354 e. The van der Waals surface area contributed by atoms with E-state index in [0.29, 0.717) is 12.3 Å². The van der Waals surface area contributed by atoms with Gasteiger partial charge in [-0.2, -0.15) is 5.10 Å². The first-order chi connectivity index (χ1) is 11.1. The average Bonchev–Trinajstić information content (AvgIpc) is 2.98. The first kappa shape index (κ1) is 15.5. The summed E-state index contributed by atoms with van der Waals surface area (Å²) in [7, 11) is 0. The molecule has 3 rings (SSSR count). The summed E-state index contributed by atoms with van der Waals surface area (Å²) in [6.45, 7) is 4.99. The molecule has 0 aliphatic carbocycles. The van der Waals surface area contributed by atoms with Gasteiger partial charge in [-0.3, -0.25) is 14.9 Å². The van der Waals surface area contributed by atoms with Gasteiger partial charge in [0.1, 0.15) is 11.4 Å². The van der Waals surface area contributed by atoms with E-state index in [2.05, 4.69) is 20.0 Å². The lowest BCUT2D eigenvalue weighted by molar-refractivity contribution is 0.0686. The molecule has 7 nitrogen and oxygen atoms in total. The van der Waals surface area contributed by atoms with E-state index < -0.39 is 5.97 Å². The number of aromatic carboxylic acids is 1. The fraction of sp³-hybridized carbons (Fsp3) is 0.375. The maximum Gasteiger partial charge on any atom is 0.354 e. The van der Waals surface area contributed by atoms with Crippen LogP contribution >= 0.6 is 0 Å². The minimum Gasteiger partial charge on any atom is -0.508 e. The number of nitrogens with one attached hydrogen (secondary N) is 1. The number of H-pyrrole nitrogens is 1. The van der Waals surface area contributed by atoms with Crippen LogP contribution in [0.4, 0.5) is 0 Å². The van der Waals surface area contributed by atoms with Crippen molar-refractivity contribution < 1.29 is 15.0 Å². The third-order valence-electron chi connectivity index (χ3n) is 4.11. The van der Waals surface area contributed by atoms with Crippen molar-refractivity contribution in [2.24, 2.45) is 0 Å². The fourth-order valence-corrected chi connectivity index (χ4v) is 2.88. The van der Waals surface area contributed by atoms with Crippen LogP contribution in [0.25, 0.3) is 0 Å². The highest BCUT2D eigenvalue weighted by Crippen LogP contribution is 2.15. The number of aromatic hydroxyl groups is 1. The van der Waals surface area contributed by atoms with E-state index in [1.54, 1.807) is 18.3 Å². The van der Waals surface area contributed by atoms with Gasteiger partial charge in [0.15, 0.2) is 0 Å². The van der Waals surface area contributed by atoms with Crippen LogP contribution in [0.15, 0.2) is 30.5 Å². The van der Waals surface area contributed by atoms with Crippen molar-refractivity contribution in [3.8, 4) is 5.75 Å². The van der Waals surface area contributed by atoms with Gasteiger partial charge in [-0.1, -0.05) is 12.1 Å². The molecule has 1 aromatic heterocycles. The zero-order valence-electron chi connectivity index (χ0n) is 12.8. The third-order valence-corrected chi connectivity index (χ3v) is 4.11. The summed E-state index contributed by atoms with van der Waals surface area (Å²) in [6.07, 6.45) is 1.59. The Morgan fingerprint density at radius 2 is 1.87 bits per heavy atom. The van der Waals surface area contributed by atoms with Crippen molar-refractivity contribution in [1.29, 1.82) is 0 Å². The largest absolute Gasteiger partial charge is 0.508 e. The molecule has 122 valence electrons. The Labute approximate surface area is 134 Å². The normalized spacial score (nSPS) is 16.5. The van der Waals surface area contributed by atoms with Crippen LogP contribution in [0.1, 0.15) is 21.6 Å². The minimum atomic E-state index is -0.972. The summed E-state index contributed by atoms with van der Waals surface area (Å²) >= 11 is 0. The number of phenols is 1. The summed E-state index contributed by atoms with van der Waals surface area (Å²) < 4.78 is 0. The number of benzene rings is 1. The Balaban J connectivity index is 1.52. The number of carboxylic acids is 1. The molecule has 2 heterocycles. The van der Waals surface area contributed by atoms with Crippen LogP contribution in [-0.2, 0) is 13.1 Å². The van der Waals surface area contributed by atoms with E-state index >= 15 is 0 Å². The molecule has 1 aliphatic heterocycles. The van der Waals surface area contributed by atoms with Gasteiger partial charge >= 0.3 is 5.97 Å². The summed E-state index contributed by atoms with van der Waals surface area (Å²) in [5.41, 5.74) is 1.99. The lowest BCUT2D eigenvalue weighted by atomic mass is 10.1. The molecule has 0 atom stereocenters. The van der Waals surface area contributed by atoms with Crippen LogP contribution in [0, 0.1) is 0 Å². The van der Waals surface area contributed by atoms with Gasteiger partial charge < -0.3 is 10.2 Å². The summed E-state index contributed by atoms with van der Waals surface area (Å²) in [5, 5.41) is 25.0. The first-order valence-corrected chi connectivity index (χ1v) is 7.60. The van der Waals surface area contributed by atoms with E-state index in [1.807, 2.05) is 12.1 Å². The molecule has 0 radical (unpaired) electrons. The monoisotopic (exact) mass is 316 g/mol. The number of aromatic nitrogens is 2. The van der Waals surface area contributed by atoms with E-state index in [4.69, 9.17) is 5.11 Å². The van der Waals surface area contributed by atoms with Crippen molar-refractivity contribution in [2.75, 3.05) is 26.2 Å². The second-order valence-corrected chi connectivity index (χ2v) is 5.80. The molecule has 0 saturated carbocycles. The van der Waals surface area contributed by atoms with Gasteiger partial charge in [0, 0.05) is 44.8 Å². The van der Waals surface area contributed by atoms with Crippen LogP contribution in [0.2, 0.25) is 0 Å². The Hall–Kier alpha value is -2.38. The highest BCUT2D eigenvalue weighted by molar-refractivity contribution is 5.86. The van der Waals surface area contributed by atoms with Crippen LogP contribution in [0.3, 0.4) is 0 Å². The molecule has 0 bridgehead atoms. The molecule has 1 aromatic carbocycles. The molecule has 23 heavy (non-hydrogen) atoms. The number of carbonyl (C=O) groups is 1. The van der Waals surface area contributed by atoms with Crippen molar-refractivity contribution in [1.82, 2.24) is 20.0 Å². The van der Waals surface area contributed by atoms with Crippen molar-refractivity contribution in [3.63, 3.8) is 0 Å². The standard InChI is InChI=1S/C16H20N4O3/c21-14-3-1-2-12(8-14)10-19-4-6-20(7-5-19)11-13-9-17-18-15(13)16(22)23/h1-3,8-9,21H,4-7,10-11H2,(H,17,18)(H,22,23). The number of hydrogen-bond donors (Lipinski definition) is 3. The zero-order valence-corrected chi connectivity index (χ0v) is 12.8. The van der Waals surface area contributed by atoms with Crippen molar-refractivity contribution in [3.05, 3.63) is 47.3 Å². The highest BCUT2D eigenvalue weighted by atomic mass is 16.4. The number of hydrogen-bond acceptors (Lipinski definition) is 5. The Morgan fingerprint density at radius 1 is 1.17 bits per heavy atom. The summed E-state index contributed by atoms with van der Waals surface area (Å²) in [5.74, 6) is -0.678. The van der Waals surface area contributed by atoms with Crippen LogP contribution in [-0.4, -0.2) is 62.4 Å². The van der Waals surface area contributed by atoms with Crippen LogP contribution < -0.4 is 0 Å². The minimum absolute atomic E-state index is 0.173. The topological polar surface area (TPSA) is 92.7 Å². The number of aromatic amines is 1. The molecule has 1 fully saturated rings. The number of nitrogens with zero attached hydrogens (tertiary/aromatic N) is 3. The Morgan fingerprint density at radius 3 is 2.52 bits per heavy atom. The number of phenolic OH excluding ortho intramolecular Hbond substituents is 1. The average molecular weight is 316 g/mol. The van der Waals surface area contributed by atoms with Gasteiger partial charge in [-0.25, -0.2) is 4.79 Å². The van der Waals surface area contributed by atoms with E-state index in [0.717, 1.165) is 43.9 Å². The predicted octanol–water partition coefficient (Wildman–Crippen LogP) is 1.13. The lowest BCUT2D eigenvalue weighted by Gasteiger charge is -2.34. The molecule has 1 aliphatic rings. The molecule has 1 saturated heterocycles. The predicted molar refractivity (Wildman–Crippen MR) is 84.2 cm³/mol. The molecule has 0 amide bonds. The quantitative estimate of drug-likeness (QED) is 0.766. The molecule has 2 aromatic rings. The summed E-state index contributed by atoms with van der Waals surface area (Å²) in [6, 6.07) is 7.33. The van der Waals surface area contributed by atoms with E-state index in [1.165, 1.54) is 0 Å². The Kier molecular flexibility index (Phi) is 4.59. The van der Waals surface area contributed by atoms with Gasteiger partial charge in [0.25, 0.3) is 0 Å². The molecule has 3 N–H and O–H groups in total. The van der Waals surface area contributed by atoms with Gasteiger partial charge in [-0.15, -0.1) is 0 Å². The molecular weight excluding hydrogens is 296 g/mol. The summed E-state index contributed by atoms with van der Waals surface area (Å²) in [4.78, 5) is 15.7. The zero-order chi connectivity index (χ0) is 16.2. The SMILES string of the molecule is O=C(O)c1[nH]ncc1CN1CCN(Cc2cccc(O)c2)CC1. The number of rotatable bonds is 5. The highest BCUT2D eigenvalue weighted by Gasteiger charge is 2.20. The van der Waals surface area contributed by atoms with Crippen molar-refractivity contribution in [2.45, 2.75) is 13.1 Å². The van der Waals surface area contributed by atoms with E-state index in [9.17, 15) is 9.90 Å². The van der Waals surface area contributed by atoms with Crippen LogP contribution in [0.5, 0.6) is 5.75 Å². The number of carboxylic acid groups (broad SMARTS) is 1. The second kappa shape index (κ2) is 6.80. The maximum absolute atomic E-state index is 11.1. The molecule has 7 heteroatoms. The maximum atomic E-state index is 11.1. The Bertz CT molecular complexity index is 677. The van der Waals surface area contributed by atoms with Gasteiger partial charge in [-0.05, 0) is 17.7 Å².